The minimum absolute atomic E-state index is 0.728. The standard InChI is InChI=1S/C13H19NS/c1-9-6-12(11-4-5-14-8-11)13(15-3)7-10(9)2/h6-7,11,14H,4-5,8H2,1-3H3. The fraction of sp³-hybridized carbons (Fsp3) is 0.538. The molecule has 0 radical (unpaired) electrons. The Bertz CT molecular complexity index is 354. The number of rotatable bonds is 2. The van der Waals surface area contributed by atoms with Crippen LogP contribution in [0.25, 0.3) is 0 Å². The van der Waals surface area contributed by atoms with Crippen molar-refractivity contribution >= 4 is 11.8 Å². The molecule has 0 spiro atoms. The zero-order valence-electron chi connectivity index (χ0n) is 9.76. The first-order valence-electron chi connectivity index (χ1n) is 5.58. The van der Waals surface area contributed by atoms with E-state index in [0.29, 0.717) is 0 Å². The van der Waals surface area contributed by atoms with Gasteiger partial charge >= 0.3 is 0 Å². The van der Waals surface area contributed by atoms with Gasteiger partial charge in [-0.2, -0.15) is 0 Å². The lowest BCUT2D eigenvalue weighted by Crippen LogP contribution is -2.08. The van der Waals surface area contributed by atoms with Gasteiger partial charge in [-0.1, -0.05) is 6.07 Å². The fourth-order valence-corrected chi connectivity index (χ4v) is 2.98. The molecule has 1 aromatic carbocycles. The molecule has 15 heavy (non-hydrogen) atoms. The lowest BCUT2D eigenvalue weighted by atomic mass is 9.95. The topological polar surface area (TPSA) is 12.0 Å². The molecule has 0 amide bonds. The van der Waals surface area contributed by atoms with E-state index in [-0.39, 0.29) is 0 Å². The Hall–Kier alpha value is -0.470. The third-order valence-corrected chi connectivity index (χ3v) is 4.14. The number of hydrogen-bond donors (Lipinski definition) is 1. The van der Waals surface area contributed by atoms with Gasteiger partial charge in [-0.25, -0.2) is 0 Å². The summed E-state index contributed by atoms with van der Waals surface area (Å²) in [5, 5.41) is 3.45. The van der Waals surface area contributed by atoms with Gasteiger partial charge in [-0.15, -0.1) is 11.8 Å². The van der Waals surface area contributed by atoms with Crippen molar-refractivity contribution in [1.82, 2.24) is 5.32 Å². The molecule has 1 aromatic rings. The van der Waals surface area contributed by atoms with E-state index < -0.39 is 0 Å². The Morgan fingerprint density at radius 2 is 2.00 bits per heavy atom. The lowest BCUT2D eigenvalue weighted by molar-refractivity contribution is 0.746. The van der Waals surface area contributed by atoms with Crippen LogP contribution < -0.4 is 5.32 Å². The number of hydrogen-bond acceptors (Lipinski definition) is 2. The highest BCUT2D eigenvalue weighted by Crippen LogP contribution is 2.32. The van der Waals surface area contributed by atoms with Gasteiger partial charge in [0.1, 0.15) is 0 Å². The molecule has 82 valence electrons. The van der Waals surface area contributed by atoms with Crippen molar-refractivity contribution in [2.45, 2.75) is 31.1 Å². The first-order valence-corrected chi connectivity index (χ1v) is 6.80. The van der Waals surface area contributed by atoms with Gasteiger partial charge < -0.3 is 5.32 Å². The minimum Gasteiger partial charge on any atom is -0.316 e. The molecule has 0 bridgehead atoms. The Morgan fingerprint density at radius 3 is 2.60 bits per heavy atom. The number of nitrogens with one attached hydrogen (secondary N) is 1. The Balaban J connectivity index is 2.39. The highest BCUT2D eigenvalue weighted by Gasteiger charge is 2.19. The van der Waals surface area contributed by atoms with Crippen LogP contribution in [-0.2, 0) is 0 Å². The molecule has 1 aliphatic rings. The summed E-state index contributed by atoms with van der Waals surface area (Å²) in [6.07, 6.45) is 3.46. The zero-order chi connectivity index (χ0) is 10.8. The van der Waals surface area contributed by atoms with Crippen LogP contribution in [0.15, 0.2) is 17.0 Å². The number of aryl methyl sites for hydroxylation is 2. The van der Waals surface area contributed by atoms with Crippen molar-refractivity contribution in [3.05, 3.63) is 28.8 Å². The smallest absolute Gasteiger partial charge is 0.0107 e. The maximum Gasteiger partial charge on any atom is 0.0107 e. The molecule has 1 unspecified atom stereocenters. The number of thioether (sulfide) groups is 1. The predicted molar refractivity (Wildman–Crippen MR) is 67.9 cm³/mol. The second-order valence-electron chi connectivity index (χ2n) is 4.37. The van der Waals surface area contributed by atoms with Crippen LogP contribution in [0.2, 0.25) is 0 Å². The molecule has 1 saturated heterocycles. The molecular formula is C13H19NS. The highest BCUT2D eigenvalue weighted by molar-refractivity contribution is 7.98. The first-order chi connectivity index (χ1) is 7.22. The Kier molecular flexibility index (Phi) is 3.37. The van der Waals surface area contributed by atoms with Crippen molar-refractivity contribution in [2.24, 2.45) is 0 Å². The van der Waals surface area contributed by atoms with Gasteiger partial charge in [-0.05, 0) is 61.7 Å². The Labute approximate surface area is 96.7 Å². The molecule has 2 heteroatoms. The second kappa shape index (κ2) is 4.58. The maximum absolute atomic E-state index is 3.45. The molecule has 1 nitrogen and oxygen atoms in total. The van der Waals surface area contributed by atoms with Crippen molar-refractivity contribution in [3.8, 4) is 0 Å². The summed E-state index contributed by atoms with van der Waals surface area (Å²) in [5.41, 5.74) is 4.39. The van der Waals surface area contributed by atoms with Crippen LogP contribution in [0.5, 0.6) is 0 Å². The van der Waals surface area contributed by atoms with Crippen LogP contribution >= 0.6 is 11.8 Å². The summed E-state index contributed by atoms with van der Waals surface area (Å²) >= 11 is 1.88. The van der Waals surface area contributed by atoms with E-state index in [9.17, 15) is 0 Å². The van der Waals surface area contributed by atoms with Gasteiger partial charge in [0.15, 0.2) is 0 Å². The van der Waals surface area contributed by atoms with Gasteiger partial charge in [0.25, 0.3) is 0 Å². The van der Waals surface area contributed by atoms with Gasteiger partial charge in [-0.3, -0.25) is 0 Å². The van der Waals surface area contributed by atoms with Crippen molar-refractivity contribution in [2.75, 3.05) is 19.3 Å². The molecule has 0 aliphatic carbocycles. The quantitative estimate of drug-likeness (QED) is 0.770. The molecule has 0 aromatic heterocycles. The molecule has 2 rings (SSSR count). The second-order valence-corrected chi connectivity index (χ2v) is 5.22. The SMILES string of the molecule is CSc1cc(C)c(C)cc1C1CCNC1. The molecule has 1 aliphatic heterocycles. The lowest BCUT2D eigenvalue weighted by Gasteiger charge is -2.16. The summed E-state index contributed by atoms with van der Waals surface area (Å²) in [7, 11) is 0. The van der Waals surface area contributed by atoms with Crippen LogP contribution in [0.4, 0.5) is 0 Å². The fourth-order valence-electron chi connectivity index (χ4n) is 2.23. The van der Waals surface area contributed by atoms with Crippen LogP contribution in [0, 0.1) is 13.8 Å². The van der Waals surface area contributed by atoms with Crippen molar-refractivity contribution in [3.63, 3.8) is 0 Å². The van der Waals surface area contributed by atoms with E-state index in [1.54, 1.807) is 5.56 Å². The summed E-state index contributed by atoms with van der Waals surface area (Å²) in [4.78, 5) is 1.46. The average Bonchev–Trinajstić information content (AvgIpc) is 2.74. The number of benzene rings is 1. The van der Waals surface area contributed by atoms with Crippen molar-refractivity contribution < 1.29 is 0 Å². The van der Waals surface area contributed by atoms with Gasteiger partial charge in [0, 0.05) is 11.4 Å². The molecule has 1 atom stereocenters. The van der Waals surface area contributed by atoms with E-state index in [4.69, 9.17) is 0 Å². The van der Waals surface area contributed by atoms with E-state index >= 15 is 0 Å². The summed E-state index contributed by atoms with van der Waals surface area (Å²) in [6, 6.07) is 4.73. The molecule has 1 N–H and O–H groups in total. The van der Waals surface area contributed by atoms with E-state index in [2.05, 4.69) is 37.6 Å². The third kappa shape index (κ3) is 2.21. The minimum atomic E-state index is 0.728. The average molecular weight is 221 g/mol. The maximum atomic E-state index is 3.45. The van der Waals surface area contributed by atoms with Gasteiger partial charge in [0.05, 0.1) is 0 Å². The molecular weight excluding hydrogens is 202 g/mol. The van der Waals surface area contributed by atoms with E-state index in [0.717, 1.165) is 12.5 Å². The highest BCUT2D eigenvalue weighted by atomic mass is 32.2. The molecule has 1 heterocycles. The molecule has 0 saturated carbocycles. The van der Waals surface area contributed by atoms with Crippen molar-refractivity contribution in [1.29, 1.82) is 0 Å². The third-order valence-electron chi connectivity index (χ3n) is 3.35. The van der Waals surface area contributed by atoms with Crippen LogP contribution in [-0.4, -0.2) is 19.3 Å². The largest absolute Gasteiger partial charge is 0.316 e. The zero-order valence-corrected chi connectivity index (χ0v) is 10.6. The molecule has 1 fully saturated rings. The van der Waals surface area contributed by atoms with E-state index in [1.165, 1.54) is 29.0 Å². The van der Waals surface area contributed by atoms with E-state index in [1.807, 2.05) is 11.8 Å². The Morgan fingerprint density at radius 1 is 1.27 bits per heavy atom. The normalized spacial score (nSPS) is 20.9. The monoisotopic (exact) mass is 221 g/mol. The first kappa shape index (κ1) is 11.0. The van der Waals surface area contributed by atoms with Gasteiger partial charge in [0.2, 0.25) is 0 Å². The summed E-state index contributed by atoms with van der Waals surface area (Å²) in [5.74, 6) is 0.728. The van der Waals surface area contributed by atoms with Crippen LogP contribution in [0.1, 0.15) is 29.0 Å². The summed E-state index contributed by atoms with van der Waals surface area (Å²) in [6.45, 7) is 6.73. The predicted octanol–water partition coefficient (Wildman–Crippen LogP) is 3.10. The summed E-state index contributed by atoms with van der Waals surface area (Å²) < 4.78 is 0. The van der Waals surface area contributed by atoms with Crippen LogP contribution in [0.3, 0.4) is 0 Å².